The van der Waals surface area contributed by atoms with E-state index in [1.165, 1.54) is 0 Å². The summed E-state index contributed by atoms with van der Waals surface area (Å²) in [7, 11) is 1.80. The largest absolute Gasteiger partial charge is 0.357 e. The van der Waals surface area contributed by atoms with E-state index < -0.39 is 5.82 Å². The van der Waals surface area contributed by atoms with Crippen molar-refractivity contribution >= 4 is 11.8 Å². The molecule has 0 aromatic carbocycles. The molecule has 0 bridgehead atoms. The van der Waals surface area contributed by atoms with Crippen LogP contribution in [-0.4, -0.2) is 23.6 Å². The maximum absolute atomic E-state index is 13.5. The van der Waals surface area contributed by atoms with Gasteiger partial charge in [-0.05, 0) is 5.92 Å². The molecule has 90 valence electrons. The van der Waals surface area contributed by atoms with Gasteiger partial charge >= 0.3 is 0 Å². The van der Waals surface area contributed by atoms with Gasteiger partial charge in [0.15, 0.2) is 11.6 Å². The van der Waals surface area contributed by atoms with E-state index in [4.69, 9.17) is 5.84 Å². The van der Waals surface area contributed by atoms with Gasteiger partial charge in [-0.15, -0.1) is 0 Å². The molecule has 1 rings (SSSR count). The first-order valence-corrected chi connectivity index (χ1v) is 5.28. The third-order valence-corrected chi connectivity index (χ3v) is 2.50. The summed E-state index contributed by atoms with van der Waals surface area (Å²) in [5.74, 6) is 5.70. The summed E-state index contributed by atoms with van der Waals surface area (Å²) in [6, 6.07) is 0. The molecular weight excluding hydrogens is 209 g/mol. The first kappa shape index (κ1) is 12.6. The number of hydrogen-bond donors (Lipinski definition) is 2. The Morgan fingerprint density at radius 2 is 2.31 bits per heavy atom. The van der Waals surface area contributed by atoms with Crippen LogP contribution in [0.5, 0.6) is 0 Å². The average molecular weight is 227 g/mol. The van der Waals surface area contributed by atoms with Crippen molar-refractivity contribution in [2.45, 2.75) is 20.3 Å². The van der Waals surface area contributed by atoms with Crippen LogP contribution >= 0.6 is 0 Å². The SMILES string of the molecule is CCC(C)CN(C)c1nc(NN)ncc1F. The average Bonchev–Trinajstić information content (AvgIpc) is 2.29. The van der Waals surface area contributed by atoms with E-state index in [1.54, 1.807) is 11.9 Å². The fraction of sp³-hybridized carbons (Fsp3) is 0.600. The van der Waals surface area contributed by atoms with Gasteiger partial charge in [0, 0.05) is 13.6 Å². The second kappa shape index (κ2) is 5.60. The predicted molar refractivity (Wildman–Crippen MR) is 62.5 cm³/mol. The highest BCUT2D eigenvalue weighted by Gasteiger charge is 2.13. The Balaban J connectivity index is 2.84. The van der Waals surface area contributed by atoms with Crippen molar-refractivity contribution in [2.24, 2.45) is 11.8 Å². The van der Waals surface area contributed by atoms with Crippen molar-refractivity contribution in [1.82, 2.24) is 9.97 Å². The van der Waals surface area contributed by atoms with Gasteiger partial charge in [0.05, 0.1) is 6.20 Å². The third-order valence-electron chi connectivity index (χ3n) is 2.50. The molecule has 0 aliphatic rings. The minimum Gasteiger partial charge on any atom is -0.357 e. The number of nitrogen functional groups attached to an aromatic ring is 1. The van der Waals surface area contributed by atoms with E-state index in [0.29, 0.717) is 5.92 Å². The number of nitrogens with zero attached hydrogens (tertiary/aromatic N) is 3. The fourth-order valence-corrected chi connectivity index (χ4v) is 1.38. The van der Waals surface area contributed by atoms with E-state index in [9.17, 15) is 4.39 Å². The molecule has 1 aromatic heterocycles. The molecule has 1 unspecified atom stereocenters. The molecule has 0 saturated heterocycles. The van der Waals surface area contributed by atoms with E-state index >= 15 is 0 Å². The van der Waals surface area contributed by atoms with Crippen molar-refractivity contribution in [3.8, 4) is 0 Å². The number of hydrogen-bond acceptors (Lipinski definition) is 5. The molecule has 0 fully saturated rings. The maximum Gasteiger partial charge on any atom is 0.239 e. The van der Waals surface area contributed by atoms with Gasteiger partial charge < -0.3 is 4.90 Å². The van der Waals surface area contributed by atoms with Gasteiger partial charge in [-0.3, -0.25) is 5.43 Å². The third kappa shape index (κ3) is 3.03. The standard InChI is InChI=1S/C10H18FN5/c1-4-7(2)6-16(3)9-8(11)5-13-10(14-9)15-12/h5,7H,4,6,12H2,1-3H3,(H,13,14,15). The zero-order valence-corrected chi connectivity index (χ0v) is 9.87. The van der Waals surface area contributed by atoms with Crippen molar-refractivity contribution in [2.75, 3.05) is 23.9 Å². The Hall–Kier alpha value is -1.43. The number of nitrogens with two attached hydrogens (primary N) is 1. The summed E-state index contributed by atoms with van der Waals surface area (Å²) in [5.41, 5.74) is 2.30. The van der Waals surface area contributed by atoms with E-state index in [-0.39, 0.29) is 11.8 Å². The van der Waals surface area contributed by atoms with Crippen LogP contribution in [0.25, 0.3) is 0 Å². The van der Waals surface area contributed by atoms with Crippen LogP contribution in [0, 0.1) is 11.7 Å². The minimum absolute atomic E-state index is 0.215. The number of aromatic nitrogens is 2. The topological polar surface area (TPSA) is 67.1 Å². The molecule has 0 aliphatic heterocycles. The maximum atomic E-state index is 13.5. The summed E-state index contributed by atoms with van der Waals surface area (Å²) < 4.78 is 13.5. The molecule has 0 aliphatic carbocycles. The molecule has 0 radical (unpaired) electrons. The van der Waals surface area contributed by atoms with Crippen LogP contribution in [-0.2, 0) is 0 Å². The van der Waals surface area contributed by atoms with Crippen molar-refractivity contribution < 1.29 is 4.39 Å². The van der Waals surface area contributed by atoms with Gasteiger partial charge in [-0.1, -0.05) is 20.3 Å². The lowest BCUT2D eigenvalue weighted by atomic mass is 10.1. The van der Waals surface area contributed by atoms with Gasteiger partial charge in [0.1, 0.15) is 0 Å². The minimum atomic E-state index is -0.440. The zero-order chi connectivity index (χ0) is 12.1. The molecule has 16 heavy (non-hydrogen) atoms. The van der Waals surface area contributed by atoms with Crippen molar-refractivity contribution in [1.29, 1.82) is 0 Å². The smallest absolute Gasteiger partial charge is 0.239 e. The summed E-state index contributed by atoms with van der Waals surface area (Å²) in [4.78, 5) is 9.44. The lowest BCUT2D eigenvalue weighted by molar-refractivity contribution is 0.544. The van der Waals surface area contributed by atoms with Crippen molar-refractivity contribution in [3.63, 3.8) is 0 Å². The molecule has 1 aromatic rings. The van der Waals surface area contributed by atoms with Gasteiger partial charge in [0.25, 0.3) is 0 Å². The van der Waals surface area contributed by atoms with Gasteiger partial charge in [-0.25, -0.2) is 15.2 Å². The molecule has 1 heterocycles. The predicted octanol–water partition coefficient (Wildman–Crippen LogP) is 1.38. The Bertz CT molecular complexity index is 344. The number of anilines is 2. The number of halogens is 1. The molecule has 3 N–H and O–H groups in total. The van der Waals surface area contributed by atoms with Crippen LogP contribution in [0.4, 0.5) is 16.2 Å². The Morgan fingerprint density at radius 3 is 2.88 bits per heavy atom. The van der Waals surface area contributed by atoms with Gasteiger partial charge in [-0.2, -0.15) is 4.98 Å². The zero-order valence-electron chi connectivity index (χ0n) is 9.87. The van der Waals surface area contributed by atoms with Gasteiger partial charge in [0.2, 0.25) is 5.95 Å². The van der Waals surface area contributed by atoms with Crippen LogP contribution in [0.1, 0.15) is 20.3 Å². The lowest BCUT2D eigenvalue weighted by Gasteiger charge is -2.22. The first-order chi connectivity index (χ1) is 7.58. The highest BCUT2D eigenvalue weighted by atomic mass is 19.1. The molecule has 5 nitrogen and oxygen atoms in total. The summed E-state index contributed by atoms with van der Waals surface area (Å²) >= 11 is 0. The highest BCUT2D eigenvalue weighted by molar-refractivity contribution is 5.42. The molecule has 0 saturated carbocycles. The number of nitrogens with one attached hydrogen (secondary N) is 1. The van der Waals surface area contributed by atoms with Crippen LogP contribution in [0.15, 0.2) is 6.20 Å². The normalized spacial score (nSPS) is 12.3. The lowest BCUT2D eigenvalue weighted by Crippen LogP contribution is -2.26. The summed E-state index contributed by atoms with van der Waals surface area (Å²) in [6.07, 6.45) is 2.16. The molecule has 0 spiro atoms. The molecule has 1 atom stereocenters. The van der Waals surface area contributed by atoms with E-state index in [2.05, 4.69) is 29.2 Å². The van der Waals surface area contributed by atoms with E-state index in [0.717, 1.165) is 19.2 Å². The summed E-state index contributed by atoms with van der Waals surface area (Å²) in [6.45, 7) is 4.95. The summed E-state index contributed by atoms with van der Waals surface area (Å²) in [5, 5.41) is 0. The number of rotatable bonds is 5. The Labute approximate surface area is 94.8 Å². The Morgan fingerprint density at radius 1 is 1.62 bits per heavy atom. The second-order valence-corrected chi connectivity index (χ2v) is 3.90. The van der Waals surface area contributed by atoms with Crippen LogP contribution < -0.4 is 16.2 Å². The van der Waals surface area contributed by atoms with E-state index in [1.807, 2.05) is 0 Å². The molecular formula is C10H18FN5. The quantitative estimate of drug-likeness (QED) is 0.587. The van der Waals surface area contributed by atoms with Crippen LogP contribution in [0.2, 0.25) is 0 Å². The number of hydrazine groups is 1. The fourth-order valence-electron chi connectivity index (χ4n) is 1.38. The monoisotopic (exact) mass is 227 g/mol. The Kier molecular flexibility index (Phi) is 4.42. The molecule has 0 amide bonds. The van der Waals surface area contributed by atoms with Crippen molar-refractivity contribution in [3.05, 3.63) is 12.0 Å². The first-order valence-electron chi connectivity index (χ1n) is 5.28. The highest BCUT2D eigenvalue weighted by Crippen LogP contribution is 2.17. The molecule has 6 heteroatoms. The second-order valence-electron chi connectivity index (χ2n) is 3.90. The van der Waals surface area contributed by atoms with Crippen LogP contribution in [0.3, 0.4) is 0 Å².